The summed E-state index contributed by atoms with van der Waals surface area (Å²) in [5.41, 5.74) is 4.24. The summed E-state index contributed by atoms with van der Waals surface area (Å²) >= 11 is 0. The van der Waals surface area contributed by atoms with E-state index in [0.717, 1.165) is 43.1 Å². The van der Waals surface area contributed by atoms with Gasteiger partial charge in [0.2, 0.25) is 0 Å². The number of hydrogen-bond donors (Lipinski definition) is 0. The maximum Gasteiger partial charge on any atom is 0.338 e. The third kappa shape index (κ3) is 4.28. The van der Waals surface area contributed by atoms with Crippen LogP contribution in [0.5, 0.6) is 0 Å². The highest BCUT2D eigenvalue weighted by Crippen LogP contribution is 2.28. The molecule has 0 radical (unpaired) electrons. The molecule has 3 aromatic rings. The van der Waals surface area contributed by atoms with Crippen LogP contribution in [0.1, 0.15) is 21.7 Å². The number of esters is 1. The van der Waals surface area contributed by atoms with Gasteiger partial charge in [-0.25, -0.2) is 4.79 Å². The zero-order valence-electron chi connectivity index (χ0n) is 17.1. The fourth-order valence-electron chi connectivity index (χ4n) is 3.51. The Hall–Kier alpha value is -3.38. The molecule has 0 saturated carbocycles. The number of hydrogen-bond acceptors (Lipinski definition) is 6. The molecule has 4 rings (SSSR count). The van der Waals surface area contributed by atoms with E-state index >= 15 is 0 Å². The lowest BCUT2D eigenvalue weighted by molar-refractivity contribution is 0.0600. The predicted molar refractivity (Wildman–Crippen MR) is 117 cm³/mol. The van der Waals surface area contributed by atoms with Crippen molar-refractivity contribution < 1.29 is 18.7 Å². The summed E-state index contributed by atoms with van der Waals surface area (Å²) in [6.45, 7) is 5.24. The van der Waals surface area contributed by atoms with Crippen molar-refractivity contribution in [2.45, 2.75) is 6.92 Å². The predicted octanol–water partition coefficient (Wildman–Crippen LogP) is 4.63. The molecule has 0 atom stereocenters. The lowest BCUT2D eigenvalue weighted by Crippen LogP contribution is -2.36. The second kappa shape index (κ2) is 8.97. The van der Waals surface area contributed by atoms with E-state index in [2.05, 4.69) is 22.0 Å². The first-order valence-corrected chi connectivity index (χ1v) is 9.90. The fraction of sp³-hybridized carbons (Fsp3) is 0.250. The molecule has 1 aliphatic rings. The topological polar surface area (TPSA) is 64.3 Å². The van der Waals surface area contributed by atoms with Crippen LogP contribution in [0.2, 0.25) is 0 Å². The van der Waals surface area contributed by atoms with Crippen LogP contribution in [-0.2, 0) is 9.47 Å². The van der Waals surface area contributed by atoms with E-state index in [1.165, 1.54) is 12.8 Å². The Morgan fingerprint density at radius 2 is 1.83 bits per heavy atom. The van der Waals surface area contributed by atoms with Gasteiger partial charge in [0.1, 0.15) is 11.5 Å². The third-order valence-electron chi connectivity index (χ3n) is 5.20. The van der Waals surface area contributed by atoms with Gasteiger partial charge in [-0.2, -0.15) is 0 Å². The molecule has 2 aromatic carbocycles. The summed E-state index contributed by atoms with van der Waals surface area (Å²) in [6.07, 6.45) is 1.70. The molecule has 2 heterocycles. The van der Waals surface area contributed by atoms with Crippen LogP contribution in [-0.4, -0.2) is 45.6 Å². The lowest BCUT2D eigenvalue weighted by atomic mass is 10.0. The van der Waals surface area contributed by atoms with E-state index in [1.807, 2.05) is 43.3 Å². The molecule has 1 aliphatic heterocycles. The molecule has 1 fully saturated rings. The number of rotatable bonds is 5. The highest BCUT2D eigenvalue weighted by Gasteiger charge is 2.15. The van der Waals surface area contributed by atoms with Crippen molar-refractivity contribution in [3.05, 3.63) is 71.5 Å². The molecule has 154 valence electrons. The number of benzene rings is 2. The van der Waals surface area contributed by atoms with Crippen molar-refractivity contribution in [2.24, 2.45) is 4.99 Å². The van der Waals surface area contributed by atoms with Gasteiger partial charge in [0.05, 0.1) is 37.8 Å². The van der Waals surface area contributed by atoms with Crippen molar-refractivity contribution in [2.75, 3.05) is 38.3 Å². The molecule has 0 unspecified atom stereocenters. The first-order valence-electron chi connectivity index (χ1n) is 9.90. The van der Waals surface area contributed by atoms with E-state index in [4.69, 9.17) is 13.9 Å². The minimum Gasteiger partial charge on any atom is -0.465 e. The number of carbonyl (C=O) groups excluding carboxylic acids is 1. The minimum absolute atomic E-state index is 0.358. The van der Waals surface area contributed by atoms with Crippen molar-refractivity contribution in [3.63, 3.8) is 0 Å². The van der Waals surface area contributed by atoms with Gasteiger partial charge < -0.3 is 18.8 Å². The SMILES string of the molecule is COC(=O)c1cccc(-c2ccc(C=Nc3ccc(N4CCOCC4)cc3)o2)c1C. The van der Waals surface area contributed by atoms with Gasteiger partial charge in [-0.3, -0.25) is 4.99 Å². The highest BCUT2D eigenvalue weighted by molar-refractivity contribution is 5.93. The van der Waals surface area contributed by atoms with Crippen molar-refractivity contribution in [1.29, 1.82) is 0 Å². The third-order valence-corrected chi connectivity index (χ3v) is 5.20. The number of ether oxygens (including phenoxy) is 2. The van der Waals surface area contributed by atoms with E-state index in [9.17, 15) is 4.79 Å². The first-order chi connectivity index (χ1) is 14.7. The maximum atomic E-state index is 11.9. The Balaban J connectivity index is 1.48. The summed E-state index contributed by atoms with van der Waals surface area (Å²) in [5, 5.41) is 0. The molecule has 0 spiro atoms. The van der Waals surface area contributed by atoms with Crippen LogP contribution in [0.25, 0.3) is 11.3 Å². The largest absolute Gasteiger partial charge is 0.465 e. The van der Waals surface area contributed by atoms with Gasteiger partial charge in [-0.15, -0.1) is 0 Å². The van der Waals surface area contributed by atoms with E-state index in [0.29, 0.717) is 17.1 Å². The smallest absolute Gasteiger partial charge is 0.338 e. The van der Waals surface area contributed by atoms with Crippen molar-refractivity contribution in [3.8, 4) is 11.3 Å². The molecule has 0 aliphatic carbocycles. The molecule has 1 saturated heterocycles. The normalized spacial score (nSPS) is 14.3. The van der Waals surface area contributed by atoms with Crippen LogP contribution in [0.3, 0.4) is 0 Å². The number of anilines is 1. The average Bonchev–Trinajstić information content (AvgIpc) is 3.27. The maximum absolute atomic E-state index is 11.9. The number of aliphatic imine (C=N–C) groups is 1. The van der Waals surface area contributed by atoms with Gasteiger partial charge in [-0.05, 0) is 55.0 Å². The Kier molecular flexibility index (Phi) is 5.95. The fourth-order valence-corrected chi connectivity index (χ4v) is 3.51. The standard InChI is InChI=1S/C24H24N2O4/c1-17-21(4-3-5-22(17)24(27)28-2)23-11-10-20(30-23)16-25-18-6-8-19(9-7-18)26-12-14-29-15-13-26/h3-11,16H,12-15H2,1-2H3. The molecule has 0 N–H and O–H groups in total. The first kappa shape index (κ1) is 19.9. The van der Waals surface area contributed by atoms with Crippen molar-refractivity contribution >= 4 is 23.6 Å². The van der Waals surface area contributed by atoms with E-state index < -0.39 is 0 Å². The molecular formula is C24H24N2O4. The van der Waals surface area contributed by atoms with Gasteiger partial charge in [0.15, 0.2) is 0 Å². The Bertz CT molecular complexity index is 1050. The van der Waals surface area contributed by atoms with E-state index in [1.54, 1.807) is 12.3 Å². The van der Waals surface area contributed by atoms with E-state index in [-0.39, 0.29) is 5.97 Å². The average molecular weight is 404 g/mol. The number of nitrogens with zero attached hydrogens (tertiary/aromatic N) is 2. The molecule has 0 bridgehead atoms. The van der Waals surface area contributed by atoms with Crippen LogP contribution in [0.15, 0.2) is 64.0 Å². The van der Waals surface area contributed by atoms with Crippen LogP contribution in [0, 0.1) is 6.92 Å². The summed E-state index contributed by atoms with van der Waals surface area (Å²) < 4.78 is 16.2. The molecule has 30 heavy (non-hydrogen) atoms. The Morgan fingerprint density at radius 1 is 1.07 bits per heavy atom. The quantitative estimate of drug-likeness (QED) is 0.458. The monoisotopic (exact) mass is 404 g/mol. The van der Waals surface area contributed by atoms with Crippen LogP contribution < -0.4 is 4.90 Å². The van der Waals surface area contributed by atoms with Gasteiger partial charge in [0.25, 0.3) is 0 Å². The Morgan fingerprint density at radius 3 is 2.57 bits per heavy atom. The summed E-state index contributed by atoms with van der Waals surface area (Å²) in [6, 6.07) is 17.4. The number of methoxy groups -OCH3 is 1. The van der Waals surface area contributed by atoms with Crippen LogP contribution >= 0.6 is 0 Å². The zero-order chi connectivity index (χ0) is 20.9. The minimum atomic E-state index is -0.358. The van der Waals surface area contributed by atoms with Crippen LogP contribution in [0.4, 0.5) is 11.4 Å². The number of morpholine rings is 1. The molecule has 0 amide bonds. The highest BCUT2D eigenvalue weighted by atomic mass is 16.5. The molecule has 6 heteroatoms. The number of furan rings is 1. The summed E-state index contributed by atoms with van der Waals surface area (Å²) in [7, 11) is 1.38. The summed E-state index contributed by atoms with van der Waals surface area (Å²) in [4.78, 5) is 18.7. The van der Waals surface area contributed by atoms with Gasteiger partial charge >= 0.3 is 5.97 Å². The molecular weight excluding hydrogens is 380 g/mol. The van der Waals surface area contributed by atoms with Gasteiger partial charge in [-0.1, -0.05) is 12.1 Å². The Labute approximate surface area is 175 Å². The van der Waals surface area contributed by atoms with Crippen molar-refractivity contribution in [1.82, 2.24) is 0 Å². The lowest BCUT2D eigenvalue weighted by Gasteiger charge is -2.28. The zero-order valence-corrected chi connectivity index (χ0v) is 17.1. The second-order valence-corrected chi connectivity index (χ2v) is 7.05. The number of carbonyl (C=O) groups is 1. The van der Waals surface area contributed by atoms with Gasteiger partial charge in [0, 0.05) is 24.3 Å². The molecule has 6 nitrogen and oxygen atoms in total. The second-order valence-electron chi connectivity index (χ2n) is 7.05. The summed E-state index contributed by atoms with van der Waals surface area (Å²) in [5.74, 6) is 0.968. The molecule has 1 aromatic heterocycles.